The molecule has 2 N–H and O–H groups in total. The molecule has 0 bridgehead atoms. The van der Waals surface area contributed by atoms with E-state index in [1.165, 1.54) is 6.33 Å². The predicted octanol–water partition coefficient (Wildman–Crippen LogP) is 1.57. The maximum Gasteiger partial charge on any atom is 0.271 e. The number of anilines is 1. The lowest BCUT2D eigenvalue weighted by atomic mass is 10.3. The highest BCUT2D eigenvalue weighted by Crippen LogP contribution is 2.13. The number of aromatic amines is 1. The van der Waals surface area contributed by atoms with Crippen LogP contribution in [0.1, 0.15) is 20.8 Å². The van der Waals surface area contributed by atoms with Gasteiger partial charge in [0.05, 0.1) is 6.33 Å². The number of aromatic nitrogens is 2. The van der Waals surface area contributed by atoms with Gasteiger partial charge < -0.3 is 15.2 Å². The zero-order valence-electron chi connectivity index (χ0n) is 10.5. The first-order valence-electron chi connectivity index (χ1n) is 5.80. The maximum atomic E-state index is 11.3. The molecular formula is C11H19ClN4O. The van der Waals surface area contributed by atoms with E-state index in [-0.39, 0.29) is 16.6 Å². The van der Waals surface area contributed by atoms with Gasteiger partial charge in [-0.2, -0.15) is 0 Å². The van der Waals surface area contributed by atoms with Crippen molar-refractivity contribution in [2.45, 2.75) is 26.8 Å². The third-order valence-corrected chi connectivity index (χ3v) is 2.96. The highest BCUT2D eigenvalue weighted by atomic mass is 35.5. The minimum atomic E-state index is -0.320. The summed E-state index contributed by atoms with van der Waals surface area (Å²) in [4.78, 5) is 20.0. The van der Waals surface area contributed by atoms with Crippen LogP contribution in [-0.2, 0) is 0 Å². The van der Waals surface area contributed by atoms with Gasteiger partial charge in [0.25, 0.3) is 5.56 Å². The third-order valence-electron chi connectivity index (χ3n) is 2.61. The number of likely N-dealkylation sites (N-methyl/N-ethyl adjacent to an activating group) is 1. The van der Waals surface area contributed by atoms with Crippen LogP contribution < -0.4 is 10.9 Å². The van der Waals surface area contributed by atoms with E-state index in [1.807, 2.05) is 6.92 Å². The number of nitrogens with zero attached hydrogens (tertiary/aromatic N) is 2. The van der Waals surface area contributed by atoms with Gasteiger partial charge in [-0.05, 0) is 20.0 Å². The molecule has 0 amide bonds. The van der Waals surface area contributed by atoms with Crippen molar-refractivity contribution in [3.8, 4) is 0 Å². The summed E-state index contributed by atoms with van der Waals surface area (Å²) in [5.41, 5.74) is -0.320. The van der Waals surface area contributed by atoms with E-state index in [1.54, 1.807) is 0 Å². The monoisotopic (exact) mass is 258 g/mol. The van der Waals surface area contributed by atoms with Gasteiger partial charge in [-0.1, -0.05) is 25.4 Å². The van der Waals surface area contributed by atoms with Crippen molar-refractivity contribution in [1.29, 1.82) is 0 Å². The topological polar surface area (TPSA) is 61.0 Å². The Morgan fingerprint density at radius 2 is 2.18 bits per heavy atom. The number of H-pyrrole nitrogens is 1. The average molecular weight is 259 g/mol. The fourth-order valence-electron chi connectivity index (χ4n) is 1.63. The van der Waals surface area contributed by atoms with Crippen LogP contribution in [0.25, 0.3) is 0 Å². The molecule has 1 aromatic rings. The van der Waals surface area contributed by atoms with E-state index in [2.05, 4.69) is 34.0 Å². The number of rotatable bonds is 6. The lowest BCUT2D eigenvalue weighted by Crippen LogP contribution is -2.35. The Labute approximate surface area is 106 Å². The molecule has 0 aromatic carbocycles. The van der Waals surface area contributed by atoms with Crippen LogP contribution in [0.5, 0.6) is 0 Å². The molecule has 1 unspecified atom stereocenters. The van der Waals surface area contributed by atoms with E-state index in [0.717, 1.165) is 19.6 Å². The molecule has 0 radical (unpaired) electrons. The molecule has 6 heteroatoms. The Bertz CT molecular complexity index is 403. The normalized spacial score (nSPS) is 12.8. The number of nitrogens with one attached hydrogen (secondary N) is 2. The first-order chi connectivity index (χ1) is 8.08. The largest absolute Gasteiger partial charge is 0.365 e. The van der Waals surface area contributed by atoms with Crippen molar-refractivity contribution < 1.29 is 0 Å². The van der Waals surface area contributed by atoms with Crippen LogP contribution in [0.3, 0.4) is 0 Å². The summed E-state index contributed by atoms with van der Waals surface area (Å²) in [6.07, 6.45) is 1.35. The van der Waals surface area contributed by atoms with Gasteiger partial charge in [0.2, 0.25) is 0 Å². The summed E-state index contributed by atoms with van der Waals surface area (Å²) in [5.74, 6) is 0.440. The molecule has 0 spiro atoms. The molecule has 0 aliphatic carbocycles. The molecular weight excluding hydrogens is 240 g/mol. The maximum absolute atomic E-state index is 11.3. The van der Waals surface area contributed by atoms with Gasteiger partial charge in [0.1, 0.15) is 5.02 Å². The first-order valence-corrected chi connectivity index (χ1v) is 6.18. The van der Waals surface area contributed by atoms with Gasteiger partial charge in [0, 0.05) is 12.6 Å². The lowest BCUT2D eigenvalue weighted by Gasteiger charge is -2.23. The second-order valence-electron chi connectivity index (χ2n) is 3.93. The van der Waals surface area contributed by atoms with Crippen molar-refractivity contribution in [3.05, 3.63) is 21.7 Å². The SMILES string of the molecule is CCN(CC)CC(C)Nc1nc[nH]c(=O)c1Cl. The molecule has 0 saturated carbocycles. The zero-order chi connectivity index (χ0) is 12.8. The van der Waals surface area contributed by atoms with E-state index in [4.69, 9.17) is 11.6 Å². The van der Waals surface area contributed by atoms with Gasteiger partial charge in [0.15, 0.2) is 5.82 Å². The Kier molecular flexibility index (Phi) is 5.44. The van der Waals surface area contributed by atoms with Crippen LogP contribution in [0.4, 0.5) is 5.82 Å². The van der Waals surface area contributed by atoms with E-state index < -0.39 is 0 Å². The summed E-state index contributed by atoms with van der Waals surface area (Å²) in [6, 6.07) is 0.182. The zero-order valence-corrected chi connectivity index (χ0v) is 11.2. The summed E-state index contributed by atoms with van der Waals surface area (Å²) in [6.45, 7) is 9.16. The van der Waals surface area contributed by atoms with Crippen molar-refractivity contribution >= 4 is 17.4 Å². The Morgan fingerprint density at radius 3 is 2.76 bits per heavy atom. The summed E-state index contributed by atoms with van der Waals surface area (Å²) >= 11 is 5.86. The number of hydrogen-bond acceptors (Lipinski definition) is 4. The Hall–Kier alpha value is -1.07. The molecule has 96 valence electrons. The number of hydrogen-bond donors (Lipinski definition) is 2. The van der Waals surface area contributed by atoms with Crippen LogP contribution in [0, 0.1) is 0 Å². The molecule has 1 heterocycles. The van der Waals surface area contributed by atoms with Crippen molar-refractivity contribution in [3.63, 3.8) is 0 Å². The van der Waals surface area contributed by atoms with E-state index >= 15 is 0 Å². The fraction of sp³-hybridized carbons (Fsp3) is 0.636. The summed E-state index contributed by atoms with van der Waals surface area (Å²) in [5, 5.41) is 3.26. The van der Waals surface area contributed by atoms with Crippen LogP contribution >= 0.6 is 11.6 Å². The van der Waals surface area contributed by atoms with Crippen molar-refractivity contribution in [2.24, 2.45) is 0 Å². The Morgan fingerprint density at radius 1 is 1.53 bits per heavy atom. The van der Waals surface area contributed by atoms with Gasteiger partial charge >= 0.3 is 0 Å². The standard InChI is InChI=1S/C11H19ClN4O/c1-4-16(5-2)6-8(3)15-10-9(12)11(17)14-7-13-10/h7-8H,4-6H2,1-3H3,(H2,13,14,15,17). The van der Waals surface area contributed by atoms with Gasteiger partial charge in [-0.25, -0.2) is 4.98 Å². The van der Waals surface area contributed by atoms with Gasteiger partial charge in [-0.3, -0.25) is 4.79 Å². The second kappa shape index (κ2) is 6.61. The minimum Gasteiger partial charge on any atom is -0.365 e. The number of halogens is 1. The smallest absolute Gasteiger partial charge is 0.271 e. The fourth-order valence-corrected chi connectivity index (χ4v) is 1.79. The minimum absolute atomic E-state index is 0.110. The summed E-state index contributed by atoms with van der Waals surface area (Å²) in [7, 11) is 0. The third kappa shape index (κ3) is 4.02. The van der Waals surface area contributed by atoms with Crippen LogP contribution in [-0.4, -0.2) is 40.5 Å². The average Bonchev–Trinajstić information content (AvgIpc) is 2.32. The molecule has 1 atom stereocenters. The van der Waals surface area contributed by atoms with Crippen LogP contribution in [0.2, 0.25) is 5.02 Å². The predicted molar refractivity (Wildman–Crippen MR) is 70.7 cm³/mol. The van der Waals surface area contributed by atoms with E-state index in [0.29, 0.717) is 5.82 Å². The van der Waals surface area contributed by atoms with Crippen molar-refractivity contribution in [1.82, 2.24) is 14.9 Å². The highest BCUT2D eigenvalue weighted by molar-refractivity contribution is 6.32. The molecule has 0 saturated heterocycles. The van der Waals surface area contributed by atoms with Crippen LogP contribution in [0.15, 0.2) is 11.1 Å². The Balaban J connectivity index is 2.65. The highest BCUT2D eigenvalue weighted by Gasteiger charge is 2.11. The molecule has 17 heavy (non-hydrogen) atoms. The van der Waals surface area contributed by atoms with Crippen molar-refractivity contribution in [2.75, 3.05) is 25.0 Å². The molecule has 1 aromatic heterocycles. The second-order valence-corrected chi connectivity index (χ2v) is 4.30. The van der Waals surface area contributed by atoms with Gasteiger partial charge in [-0.15, -0.1) is 0 Å². The quantitative estimate of drug-likeness (QED) is 0.813. The molecule has 0 fully saturated rings. The first kappa shape index (κ1) is 14.0. The molecule has 0 aliphatic rings. The lowest BCUT2D eigenvalue weighted by molar-refractivity contribution is 0.294. The molecule has 1 rings (SSSR count). The van der Waals surface area contributed by atoms with E-state index in [9.17, 15) is 4.79 Å². The molecule has 5 nitrogen and oxygen atoms in total. The summed E-state index contributed by atoms with van der Waals surface area (Å²) < 4.78 is 0. The molecule has 0 aliphatic heterocycles.